The highest BCUT2D eigenvalue weighted by atomic mass is 79.9. The molecule has 0 aromatic heterocycles. The molecule has 0 aliphatic rings. The van der Waals surface area contributed by atoms with E-state index in [1.807, 2.05) is 25.1 Å². The number of aryl methyl sites for hydroxylation is 1. The Morgan fingerprint density at radius 1 is 1.08 bits per heavy atom. The normalized spacial score (nSPS) is 11.6. The summed E-state index contributed by atoms with van der Waals surface area (Å²) in [6, 6.07) is 11.4. The Bertz CT molecular complexity index is 882. The van der Waals surface area contributed by atoms with Crippen LogP contribution >= 0.6 is 15.9 Å². The molecule has 0 aliphatic carbocycles. The van der Waals surface area contributed by atoms with Gasteiger partial charge in [-0.15, -0.1) is 0 Å². The lowest BCUT2D eigenvalue weighted by Gasteiger charge is -2.19. The van der Waals surface area contributed by atoms with Crippen molar-refractivity contribution in [3.8, 4) is 0 Å². The van der Waals surface area contributed by atoms with Gasteiger partial charge in [-0.05, 0) is 55.0 Å². The molecule has 0 spiro atoms. The average molecular weight is 427 g/mol. The van der Waals surface area contributed by atoms with Crippen LogP contribution in [0.4, 0.5) is 5.69 Å². The summed E-state index contributed by atoms with van der Waals surface area (Å²) in [6.45, 7) is 1.94. The van der Waals surface area contributed by atoms with Crippen LogP contribution in [0.5, 0.6) is 0 Å². The minimum atomic E-state index is -3.73. The summed E-state index contributed by atoms with van der Waals surface area (Å²) >= 11 is 3.43. The van der Waals surface area contributed by atoms with E-state index in [9.17, 15) is 13.2 Å². The number of benzene rings is 2. The van der Waals surface area contributed by atoms with Crippen molar-refractivity contribution >= 4 is 37.5 Å². The lowest BCUT2D eigenvalue weighted by atomic mass is 10.1. The zero-order valence-electron chi connectivity index (χ0n) is 14.4. The minimum absolute atomic E-state index is 0.0514. The first kappa shape index (κ1) is 19.6. The van der Waals surface area contributed by atoms with Crippen molar-refractivity contribution in [2.75, 3.05) is 26.1 Å². The van der Waals surface area contributed by atoms with Gasteiger partial charge in [-0.2, -0.15) is 0 Å². The number of carbonyl (C=O) groups is 1. The molecule has 0 bridgehead atoms. The molecular weight excluding hydrogens is 408 g/mol. The summed E-state index contributed by atoms with van der Waals surface area (Å²) in [5.74, 6) is -0.231. The highest BCUT2D eigenvalue weighted by molar-refractivity contribution is 9.10. The standard InChI is InChI=1S/C17H19BrN2O4S/c1-12-11-14(7-10-16(12)18)19(2)17(21)13-5-8-15(9-6-13)25(22,23)20(3)24-4/h5-11H,1-4H3. The van der Waals surface area contributed by atoms with Gasteiger partial charge in [0.25, 0.3) is 15.9 Å². The van der Waals surface area contributed by atoms with Gasteiger partial charge < -0.3 is 4.90 Å². The second-order valence-electron chi connectivity index (χ2n) is 5.42. The van der Waals surface area contributed by atoms with E-state index in [4.69, 9.17) is 4.84 Å². The first-order chi connectivity index (χ1) is 11.7. The number of hydrogen-bond donors (Lipinski definition) is 0. The van der Waals surface area contributed by atoms with Crippen molar-refractivity contribution in [1.82, 2.24) is 4.47 Å². The third kappa shape index (κ3) is 4.09. The number of halogens is 1. The van der Waals surface area contributed by atoms with Crippen LogP contribution < -0.4 is 4.90 Å². The Morgan fingerprint density at radius 3 is 2.20 bits per heavy atom. The second-order valence-corrected chi connectivity index (χ2v) is 8.21. The Labute approximate surface area is 156 Å². The molecule has 0 N–H and O–H groups in total. The number of hydroxylamine groups is 1. The van der Waals surface area contributed by atoms with Gasteiger partial charge in [0, 0.05) is 29.8 Å². The predicted molar refractivity (Wildman–Crippen MR) is 100 cm³/mol. The van der Waals surface area contributed by atoms with E-state index in [0.29, 0.717) is 5.56 Å². The molecule has 8 heteroatoms. The lowest BCUT2D eigenvalue weighted by Crippen LogP contribution is -2.27. The Kier molecular flexibility index (Phi) is 5.99. The van der Waals surface area contributed by atoms with Crippen LogP contribution in [0.15, 0.2) is 51.8 Å². The number of amides is 1. The van der Waals surface area contributed by atoms with E-state index < -0.39 is 10.0 Å². The molecule has 0 radical (unpaired) electrons. The van der Waals surface area contributed by atoms with Crippen LogP contribution in [0, 0.1) is 6.92 Å². The number of rotatable bonds is 5. The van der Waals surface area contributed by atoms with Crippen LogP contribution in [0.1, 0.15) is 15.9 Å². The van der Waals surface area contributed by atoms with Crippen molar-refractivity contribution in [2.24, 2.45) is 0 Å². The van der Waals surface area contributed by atoms with Crippen molar-refractivity contribution in [3.05, 3.63) is 58.1 Å². The molecule has 6 nitrogen and oxygen atoms in total. The fraction of sp³-hybridized carbons (Fsp3) is 0.235. The van der Waals surface area contributed by atoms with Crippen molar-refractivity contribution in [3.63, 3.8) is 0 Å². The molecule has 0 saturated carbocycles. The molecule has 1 amide bonds. The maximum atomic E-state index is 12.6. The predicted octanol–water partition coefficient (Wildman–Crippen LogP) is 3.22. The maximum Gasteiger partial charge on any atom is 0.264 e. The van der Waals surface area contributed by atoms with E-state index in [-0.39, 0.29) is 10.8 Å². The number of carbonyl (C=O) groups excluding carboxylic acids is 1. The van der Waals surface area contributed by atoms with E-state index in [1.54, 1.807) is 7.05 Å². The van der Waals surface area contributed by atoms with E-state index in [0.717, 1.165) is 20.2 Å². The third-order valence-corrected chi connectivity index (χ3v) is 6.41. The van der Waals surface area contributed by atoms with Crippen LogP contribution in [-0.2, 0) is 14.9 Å². The van der Waals surface area contributed by atoms with E-state index >= 15 is 0 Å². The average Bonchev–Trinajstić information content (AvgIpc) is 2.62. The quantitative estimate of drug-likeness (QED) is 0.688. The first-order valence-corrected chi connectivity index (χ1v) is 9.59. The maximum absolute atomic E-state index is 12.6. The monoisotopic (exact) mass is 426 g/mol. The largest absolute Gasteiger partial charge is 0.311 e. The van der Waals surface area contributed by atoms with E-state index in [2.05, 4.69) is 15.9 Å². The lowest BCUT2D eigenvalue weighted by molar-refractivity contribution is -0.0258. The topological polar surface area (TPSA) is 66.9 Å². The van der Waals surface area contributed by atoms with Gasteiger partial charge in [-0.25, -0.2) is 8.42 Å². The number of hydrogen-bond acceptors (Lipinski definition) is 4. The zero-order valence-corrected chi connectivity index (χ0v) is 16.8. The molecule has 2 rings (SSSR count). The zero-order chi connectivity index (χ0) is 18.8. The molecule has 25 heavy (non-hydrogen) atoms. The summed E-state index contributed by atoms with van der Waals surface area (Å²) in [5.41, 5.74) is 2.16. The van der Waals surface area contributed by atoms with Gasteiger partial charge in [-0.3, -0.25) is 9.63 Å². The fourth-order valence-corrected chi connectivity index (χ4v) is 3.38. The highest BCUT2D eigenvalue weighted by Crippen LogP contribution is 2.24. The molecule has 2 aromatic rings. The van der Waals surface area contributed by atoms with Crippen LogP contribution in [0.2, 0.25) is 0 Å². The molecule has 0 unspecified atom stereocenters. The molecule has 2 aromatic carbocycles. The molecule has 0 aliphatic heterocycles. The molecule has 0 fully saturated rings. The third-order valence-electron chi connectivity index (χ3n) is 3.83. The van der Waals surface area contributed by atoms with Crippen molar-refractivity contribution in [2.45, 2.75) is 11.8 Å². The van der Waals surface area contributed by atoms with Gasteiger partial charge in [0.05, 0.1) is 12.0 Å². The van der Waals surface area contributed by atoms with Gasteiger partial charge in [0.15, 0.2) is 0 Å². The first-order valence-electron chi connectivity index (χ1n) is 7.36. The van der Waals surface area contributed by atoms with Crippen LogP contribution in [0.3, 0.4) is 0 Å². The molecule has 0 saturated heterocycles. The molecule has 134 valence electrons. The number of nitrogens with zero attached hydrogens (tertiary/aromatic N) is 2. The second kappa shape index (κ2) is 7.65. The minimum Gasteiger partial charge on any atom is -0.311 e. The number of sulfonamides is 1. The van der Waals surface area contributed by atoms with Gasteiger partial charge in [0.1, 0.15) is 0 Å². The number of anilines is 1. The van der Waals surface area contributed by atoms with Gasteiger partial charge >= 0.3 is 0 Å². The summed E-state index contributed by atoms with van der Waals surface area (Å²) in [5, 5.41) is 0. The van der Waals surface area contributed by atoms with Crippen molar-refractivity contribution < 1.29 is 18.0 Å². The van der Waals surface area contributed by atoms with Crippen molar-refractivity contribution in [1.29, 1.82) is 0 Å². The van der Waals surface area contributed by atoms with Gasteiger partial charge in [0.2, 0.25) is 0 Å². The fourth-order valence-electron chi connectivity index (χ4n) is 2.16. The Hall–Kier alpha value is -1.74. The van der Waals surface area contributed by atoms with Gasteiger partial charge in [-0.1, -0.05) is 20.4 Å². The Balaban J connectivity index is 2.27. The SMILES string of the molecule is CON(C)S(=O)(=O)c1ccc(C(=O)N(C)c2ccc(Br)c(C)c2)cc1. The van der Waals surface area contributed by atoms with Crippen LogP contribution in [0.25, 0.3) is 0 Å². The summed E-state index contributed by atoms with van der Waals surface area (Å²) in [7, 11) is 0.514. The molecule has 0 atom stereocenters. The summed E-state index contributed by atoms with van der Waals surface area (Å²) in [6.07, 6.45) is 0. The molecular formula is C17H19BrN2O4S. The molecule has 0 heterocycles. The smallest absolute Gasteiger partial charge is 0.264 e. The summed E-state index contributed by atoms with van der Waals surface area (Å²) < 4.78 is 26.1. The Morgan fingerprint density at radius 2 is 1.68 bits per heavy atom. The van der Waals surface area contributed by atoms with Crippen LogP contribution in [-0.4, -0.2) is 40.0 Å². The van der Waals surface area contributed by atoms with E-state index in [1.165, 1.54) is 43.3 Å². The highest BCUT2D eigenvalue weighted by Gasteiger charge is 2.21. The summed E-state index contributed by atoms with van der Waals surface area (Å²) in [4.78, 5) is 18.9.